The van der Waals surface area contributed by atoms with Crippen LogP contribution in [0.25, 0.3) is 0 Å². The molecule has 6 heavy (non-hydrogen) atoms. The van der Waals surface area contributed by atoms with Crippen LogP contribution in [-0.4, -0.2) is 82.5 Å². The molecule has 4 radical (unpaired) electrons. The normalized spacial score (nSPS) is 0. The molecule has 0 aromatic rings. The van der Waals surface area contributed by atoms with Crippen molar-refractivity contribution in [1.29, 1.82) is 0 Å². The van der Waals surface area contributed by atoms with Gasteiger partial charge >= 0.3 is 0 Å². The van der Waals surface area contributed by atoms with Crippen molar-refractivity contribution in [1.82, 2.24) is 0 Å². The van der Waals surface area contributed by atoms with Crippen molar-refractivity contribution in [3.8, 4) is 0 Å². The van der Waals surface area contributed by atoms with Crippen LogP contribution in [-0.2, 0) is 48.6 Å². The summed E-state index contributed by atoms with van der Waals surface area (Å²) >= 11 is 0. The van der Waals surface area contributed by atoms with E-state index in [1.165, 1.54) is 0 Å². The topological polar surface area (TPSA) is 31.5 Å². The van der Waals surface area contributed by atoms with Crippen LogP contribution in [0, 0.1) is 35.6 Å². The minimum absolute atomic E-state index is 0. The van der Waals surface area contributed by atoms with E-state index in [-0.39, 0.29) is 167 Å². The standard InChI is InChI=1S/La.Li.H2O.Rb.Ta.Zr/h;;1H2;;;. The van der Waals surface area contributed by atoms with Gasteiger partial charge in [-0.25, -0.2) is 0 Å². The van der Waals surface area contributed by atoms with Crippen LogP contribution >= 0.6 is 0 Å². The second kappa shape index (κ2) is 32.0. The van der Waals surface area contributed by atoms with Crippen LogP contribution < -0.4 is 0 Å². The molecule has 6 heteroatoms. The molecule has 2 N–H and O–H groups in total. The Bertz CT molecular complexity index is 15.5. The predicted molar refractivity (Wildman–Crippen MR) is 15.1 cm³/mol. The van der Waals surface area contributed by atoms with Gasteiger partial charge in [0.1, 0.15) is 0 Å². The molecule has 0 aliphatic rings. The molecule has 0 unspecified atom stereocenters. The number of hydrogen-bond acceptors (Lipinski definition) is 0. The summed E-state index contributed by atoms with van der Waals surface area (Å²) in [5, 5.41) is 0. The Balaban J connectivity index is 0. The van der Waals surface area contributed by atoms with Crippen molar-refractivity contribution in [2.24, 2.45) is 0 Å². The summed E-state index contributed by atoms with van der Waals surface area (Å²) in [7, 11) is 0. The molecular formula is H2LaLiORbTaZr. The zero-order valence-corrected chi connectivity index (χ0v) is 18.2. The van der Waals surface area contributed by atoms with Gasteiger partial charge in [-0.05, 0) is 0 Å². The Hall–Kier alpha value is 5.18. The van der Waals surface area contributed by atoms with Gasteiger partial charge < -0.3 is 5.48 Å². The summed E-state index contributed by atoms with van der Waals surface area (Å²) in [5.41, 5.74) is 0. The summed E-state index contributed by atoms with van der Waals surface area (Å²) in [6, 6.07) is 0. The Morgan fingerprint density at radius 3 is 1.00 bits per heavy atom. The molecule has 0 bridgehead atoms. The smallest absolute Gasteiger partial charge is 0 e. The fourth-order valence-electron chi connectivity index (χ4n) is 0. The molecule has 0 saturated carbocycles. The van der Waals surface area contributed by atoms with Crippen molar-refractivity contribution < 1.29 is 89.7 Å². The largest absolute Gasteiger partial charge is 0.412 e. The second-order valence-electron chi connectivity index (χ2n) is 0. The molecule has 22 valence electrons. The van der Waals surface area contributed by atoms with E-state index in [1.807, 2.05) is 0 Å². The average Bonchev–Trinajstić information content (AvgIpc) is 0. The SMILES string of the molecule is O.[La].[Li].[Rb].[Ta].[Zr]. The third kappa shape index (κ3) is 22.9. The molecule has 0 fully saturated rings. The molecule has 0 rings (SSSR count). The van der Waals surface area contributed by atoms with Crippen molar-refractivity contribution in [3.05, 3.63) is 0 Å². The first kappa shape index (κ1) is 43.2. The summed E-state index contributed by atoms with van der Waals surface area (Å²) in [4.78, 5) is 0. The second-order valence-corrected chi connectivity index (χ2v) is 0. The predicted octanol–water partition coefficient (Wildman–Crippen LogP) is -1.59. The van der Waals surface area contributed by atoms with E-state index >= 15 is 0 Å². The quantitative estimate of drug-likeness (QED) is 0.345. The maximum absolute atomic E-state index is 0. The van der Waals surface area contributed by atoms with Gasteiger partial charge in [-0.2, -0.15) is 0 Å². The molecule has 0 aliphatic heterocycles. The fourth-order valence-corrected chi connectivity index (χ4v) is 0. The van der Waals surface area contributed by atoms with Crippen LogP contribution in [0.5, 0.6) is 0 Å². The zero-order valence-electron chi connectivity index (χ0n) is 4.02. The summed E-state index contributed by atoms with van der Waals surface area (Å²) < 4.78 is 0. The summed E-state index contributed by atoms with van der Waals surface area (Å²) in [5.74, 6) is 0. The van der Waals surface area contributed by atoms with Gasteiger partial charge in [-0.3, -0.25) is 0 Å². The first-order valence-electron chi connectivity index (χ1n) is 0. The van der Waals surface area contributed by atoms with Gasteiger partial charge in [-0.15, -0.1) is 0 Å². The maximum Gasteiger partial charge on any atom is 0 e. The maximum atomic E-state index is 0. The third-order valence-corrected chi connectivity index (χ3v) is 0. The fraction of sp³-hybridized carbons (Fsp3) is 0. The molecule has 0 aromatic carbocycles. The molecule has 0 amide bonds. The third-order valence-electron chi connectivity index (χ3n) is 0. The van der Waals surface area contributed by atoms with Crippen molar-refractivity contribution in [3.63, 3.8) is 0 Å². The van der Waals surface area contributed by atoms with Crippen LogP contribution in [0.4, 0.5) is 0 Å². The Kier molecular flexibility index (Phi) is 230. The summed E-state index contributed by atoms with van der Waals surface area (Å²) in [6.45, 7) is 0. The molecule has 0 atom stereocenters. The number of hydrogen-bond donors (Lipinski definition) is 0. The van der Waals surface area contributed by atoms with Gasteiger partial charge in [0.05, 0.1) is 0 Å². The molecule has 0 aliphatic carbocycles. The van der Waals surface area contributed by atoms with E-state index in [4.69, 9.17) is 0 Å². The average molecular weight is 522 g/mol. The minimum atomic E-state index is 0. The van der Waals surface area contributed by atoms with Crippen LogP contribution in [0.15, 0.2) is 0 Å². The molecular weight excluding hydrogens is 519 g/mol. The van der Waals surface area contributed by atoms with E-state index in [1.54, 1.807) is 0 Å². The first-order valence-corrected chi connectivity index (χ1v) is 0. The van der Waals surface area contributed by atoms with Gasteiger partial charge in [0.25, 0.3) is 0 Å². The van der Waals surface area contributed by atoms with E-state index in [0.29, 0.717) is 0 Å². The molecule has 0 aromatic heterocycles. The van der Waals surface area contributed by atoms with E-state index in [9.17, 15) is 0 Å². The Morgan fingerprint density at radius 2 is 1.00 bits per heavy atom. The van der Waals surface area contributed by atoms with Gasteiger partial charge in [-0.1, -0.05) is 0 Å². The van der Waals surface area contributed by atoms with Crippen LogP contribution in [0.2, 0.25) is 0 Å². The summed E-state index contributed by atoms with van der Waals surface area (Å²) in [6.07, 6.45) is 0. The van der Waals surface area contributed by atoms with E-state index < -0.39 is 0 Å². The van der Waals surface area contributed by atoms with Crippen molar-refractivity contribution in [2.75, 3.05) is 0 Å². The van der Waals surface area contributed by atoms with E-state index in [0.717, 1.165) is 0 Å². The zero-order chi connectivity index (χ0) is 0. The molecule has 0 saturated heterocycles. The molecule has 0 spiro atoms. The van der Waals surface area contributed by atoms with E-state index in [2.05, 4.69) is 0 Å². The number of rotatable bonds is 0. The monoisotopic (exact) mass is 520 g/mol. The minimum Gasteiger partial charge on any atom is -0.412 e. The molecule has 1 nitrogen and oxygen atoms in total. The first-order chi connectivity index (χ1) is 0. The van der Waals surface area contributed by atoms with Crippen molar-refractivity contribution >= 4 is 77.0 Å². The van der Waals surface area contributed by atoms with Gasteiger partial charge in [0.2, 0.25) is 0 Å². The van der Waals surface area contributed by atoms with Crippen LogP contribution in [0.1, 0.15) is 0 Å². The van der Waals surface area contributed by atoms with Gasteiger partial charge in [0.15, 0.2) is 0 Å². The Morgan fingerprint density at radius 1 is 1.00 bits per heavy atom. The Labute approximate surface area is 161 Å². The molecule has 0 heterocycles. The van der Waals surface area contributed by atoms with Crippen molar-refractivity contribution in [2.45, 2.75) is 0 Å². The van der Waals surface area contributed by atoms with Crippen LogP contribution in [0.3, 0.4) is 0 Å². The van der Waals surface area contributed by atoms with Gasteiger partial charge in [0, 0.05) is 161 Å².